The zero-order valence-electron chi connectivity index (χ0n) is 12.2. The lowest BCUT2D eigenvalue weighted by Crippen LogP contribution is -2.29. The van der Waals surface area contributed by atoms with Crippen molar-refractivity contribution in [1.29, 1.82) is 0 Å². The van der Waals surface area contributed by atoms with Crippen molar-refractivity contribution in [1.82, 2.24) is 10.6 Å². The summed E-state index contributed by atoms with van der Waals surface area (Å²) in [6.07, 6.45) is 8.81. The first-order chi connectivity index (χ1) is 9.33. The molecule has 0 aliphatic heterocycles. The molecule has 0 saturated heterocycles. The van der Waals surface area contributed by atoms with Gasteiger partial charge in [0.05, 0.1) is 0 Å². The van der Waals surface area contributed by atoms with Gasteiger partial charge in [-0.15, -0.1) is 0 Å². The normalized spacial score (nSPS) is 32.5. The highest BCUT2D eigenvalue weighted by Gasteiger charge is 2.54. The molecule has 0 spiro atoms. The summed E-state index contributed by atoms with van der Waals surface area (Å²) in [6.45, 7) is 4.31. The topological polar surface area (TPSA) is 76.1 Å². The summed E-state index contributed by atoms with van der Waals surface area (Å²) in [5, 5.41) is 7.21. The molecule has 2 aliphatic rings. The van der Waals surface area contributed by atoms with Crippen LogP contribution >= 0.6 is 0 Å². The molecule has 0 aromatic rings. The Kier molecular flexibility index (Phi) is 6.57. The molecule has 0 aromatic heterocycles. The van der Waals surface area contributed by atoms with Crippen LogP contribution in [0.2, 0.25) is 0 Å². The maximum absolute atomic E-state index is 5.93. The third kappa shape index (κ3) is 5.03. The van der Waals surface area contributed by atoms with Crippen LogP contribution in [0.1, 0.15) is 44.9 Å². The van der Waals surface area contributed by atoms with E-state index < -0.39 is 0 Å². The van der Waals surface area contributed by atoms with Crippen LogP contribution in [0.25, 0.3) is 0 Å². The van der Waals surface area contributed by atoms with Crippen LogP contribution in [0, 0.1) is 11.8 Å². The molecule has 0 radical (unpaired) electrons. The molecular weight excluding hydrogens is 236 g/mol. The van der Waals surface area contributed by atoms with Gasteiger partial charge in [-0.2, -0.15) is 0 Å². The Hall–Kier alpha value is -0.160. The van der Waals surface area contributed by atoms with Crippen molar-refractivity contribution < 1.29 is 0 Å². The van der Waals surface area contributed by atoms with Gasteiger partial charge in [-0.25, -0.2) is 0 Å². The molecule has 4 heteroatoms. The SMILES string of the molecule is NCCCCCCNCCCNC1C2CC(N)CC21. The lowest BCUT2D eigenvalue weighted by molar-refractivity contribution is 0.502. The van der Waals surface area contributed by atoms with E-state index in [9.17, 15) is 0 Å². The Morgan fingerprint density at radius 1 is 0.842 bits per heavy atom. The zero-order chi connectivity index (χ0) is 13.5. The smallest absolute Gasteiger partial charge is 0.0131 e. The van der Waals surface area contributed by atoms with Crippen LogP contribution in [0.4, 0.5) is 0 Å². The zero-order valence-corrected chi connectivity index (χ0v) is 12.2. The van der Waals surface area contributed by atoms with E-state index >= 15 is 0 Å². The molecule has 4 nitrogen and oxygen atoms in total. The Morgan fingerprint density at radius 3 is 2.26 bits per heavy atom. The Morgan fingerprint density at radius 2 is 1.53 bits per heavy atom. The largest absolute Gasteiger partial charge is 0.330 e. The number of hydrogen-bond donors (Lipinski definition) is 4. The number of fused-ring (bicyclic) bond motifs is 1. The second-order valence-corrected chi connectivity index (χ2v) is 6.35. The van der Waals surface area contributed by atoms with Crippen LogP contribution < -0.4 is 22.1 Å². The van der Waals surface area contributed by atoms with E-state index in [4.69, 9.17) is 11.5 Å². The average molecular weight is 268 g/mol. The maximum Gasteiger partial charge on any atom is 0.0131 e. The van der Waals surface area contributed by atoms with Gasteiger partial charge >= 0.3 is 0 Å². The predicted molar refractivity (Wildman–Crippen MR) is 81.0 cm³/mol. The molecule has 0 heterocycles. The Balaban J connectivity index is 1.31. The van der Waals surface area contributed by atoms with Crippen molar-refractivity contribution in [3.05, 3.63) is 0 Å². The fourth-order valence-corrected chi connectivity index (χ4v) is 3.54. The number of hydrogen-bond acceptors (Lipinski definition) is 4. The van der Waals surface area contributed by atoms with Crippen LogP contribution in [-0.2, 0) is 0 Å². The molecule has 2 atom stereocenters. The molecule has 0 amide bonds. The standard InChI is InChI=1S/C15H32N4/c16-6-3-1-2-4-7-18-8-5-9-19-15-13-10-12(17)11-14(13)15/h12-15,18-19H,1-11,16-17H2. The number of unbranched alkanes of at least 4 members (excludes halogenated alkanes) is 3. The van der Waals surface area contributed by atoms with E-state index in [1.54, 1.807) is 0 Å². The maximum atomic E-state index is 5.93. The summed E-state index contributed by atoms with van der Waals surface area (Å²) < 4.78 is 0. The van der Waals surface area contributed by atoms with E-state index in [1.165, 1.54) is 44.9 Å². The van der Waals surface area contributed by atoms with E-state index in [0.29, 0.717) is 6.04 Å². The van der Waals surface area contributed by atoms with Crippen molar-refractivity contribution >= 4 is 0 Å². The monoisotopic (exact) mass is 268 g/mol. The van der Waals surface area contributed by atoms with E-state index in [0.717, 1.165) is 44.1 Å². The third-order valence-corrected chi connectivity index (χ3v) is 4.70. The number of nitrogens with one attached hydrogen (secondary N) is 2. The van der Waals surface area contributed by atoms with Crippen LogP contribution in [-0.4, -0.2) is 38.3 Å². The van der Waals surface area contributed by atoms with Gasteiger partial charge in [0.25, 0.3) is 0 Å². The van der Waals surface area contributed by atoms with Gasteiger partial charge in [-0.1, -0.05) is 12.8 Å². The molecule has 0 bridgehead atoms. The van der Waals surface area contributed by atoms with Gasteiger partial charge in [-0.3, -0.25) is 0 Å². The first-order valence-corrected chi connectivity index (χ1v) is 8.22. The molecule has 2 rings (SSSR count). The minimum Gasteiger partial charge on any atom is -0.330 e. The van der Waals surface area contributed by atoms with Gasteiger partial charge in [0.1, 0.15) is 0 Å². The first-order valence-electron chi connectivity index (χ1n) is 8.22. The summed E-state index contributed by atoms with van der Waals surface area (Å²) in [5.74, 6) is 1.82. The minimum absolute atomic E-state index is 0.494. The van der Waals surface area contributed by atoms with Crippen LogP contribution in [0.3, 0.4) is 0 Å². The molecule has 2 unspecified atom stereocenters. The Labute approximate surface area is 118 Å². The van der Waals surface area contributed by atoms with Gasteiger partial charge in [0.2, 0.25) is 0 Å². The third-order valence-electron chi connectivity index (χ3n) is 4.70. The van der Waals surface area contributed by atoms with Crippen molar-refractivity contribution in [3.8, 4) is 0 Å². The summed E-state index contributed by atoms with van der Waals surface area (Å²) >= 11 is 0. The highest BCUT2D eigenvalue weighted by atomic mass is 15.0. The quantitative estimate of drug-likeness (QED) is 0.418. The lowest BCUT2D eigenvalue weighted by atomic mass is 10.1. The summed E-state index contributed by atoms with van der Waals surface area (Å²) in [5.41, 5.74) is 11.4. The Bertz CT molecular complexity index is 234. The minimum atomic E-state index is 0.494. The molecule has 6 N–H and O–H groups in total. The summed E-state index contributed by atoms with van der Waals surface area (Å²) in [4.78, 5) is 0. The summed E-state index contributed by atoms with van der Waals surface area (Å²) in [6, 6.07) is 1.30. The second-order valence-electron chi connectivity index (χ2n) is 6.35. The van der Waals surface area contributed by atoms with Crippen molar-refractivity contribution in [3.63, 3.8) is 0 Å². The molecule has 2 saturated carbocycles. The van der Waals surface area contributed by atoms with Gasteiger partial charge in [0.15, 0.2) is 0 Å². The summed E-state index contributed by atoms with van der Waals surface area (Å²) in [7, 11) is 0. The van der Waals surface area contributed by atoms with Crippen molar-refractivity contribution in [2.24, 2.45) is 23.3 Å². The van der Waals surface area contributed by atoms with E-state index in [1.807, 2.05) is 0 Å². The fraction of sp³-hybridized carbons (Fsp3) is 1.00. The van der Waals surface area contributed by atoms with Crippen molar-refractivity contribution in [2.45, 2.75) is 57.0 Å². The van der Waals surface area contributed by atoms with E-state index in [-0.39, 0.29) is 0 Å². The van der Waals surface area contributed by atoms with Gasteiger partial charge < -0.3 is 22.1 Å². The number of nitrogens with two attached hydrogens (primary N) is 2. The highest BCUT2D eigenvalue weighted by Crippen LogP contribution is 2.51. The van der Waals surface area contributed by atoms with Gasteiger partial charge in [0, 0.05) is 12.1 Å². The first kappa shape index (κ1) is 15.2. The second kappa shape index (κ2) is 8.20. The molecule has 2 fully saturated rings. The molecule has 2 aliphatic carbocycles. The van der Waals surface area contributed by atoms with Gasteiger partial charge in [-0.05, 0) is 70.1 Å². The lowest BCUT2D eigenvalue weighted by Gasteiger charge is -2.10. The molecule has 19 heavy (non-hydrogen) atoms. The number of rotatable bonds is 11. The average Bonchev–Trinajstić information content (AvgIpc) is 2.86. The molecular formula is C15H32N4. The molecule has 0 aromatic carbocycles. The van der Waals surface area contributed by atoms with Crippen molar-refractivity contribution in [2.75, 3.05) is 26.2 Å². The predicted octanol–water partition coefficient (Wildman–Crippen LogP) is 0.811. The fourth-order valence-electron chi connectivity index (χ4n) is 3.54. The highest BCUT2D eigenvalue weighted by molar-refractivity contribution is 5.10. The van der Waals surface area contributed by atoms with Crippen LogP contribution in [0.15, 0.2) is 0 Å². The molecule has 112 valence electrons. The van der Waals surface area contributed by atoms with E-state index in [2.05, 4.69) is 10.6 Å². The van der Waals surface area contributed by atoms with Crippen LogP contribution in [0.5, 0.6) is 0 Å².